The Hall–Kier alpha value is -0.870. The van der Waals surface area contributed by atoms with Crippen LogP contribution in [0.25, 0.3) is 0 Å². The standard InChI is InChI=1S/C14H13BrClNO2/c1-7-4-9-10(5-7)14(19)17(13(9)18)12-6-8(15)2-3-11(12)16/h2-3,6-7,9-10H,4-5H2,1H3. The molecule has 2 aliphatic rings. The monoisotopic (exact) mass is 341 g/mol. The third kappa shape index (κ3) is 2.01. The van der Waals surface area contributed by atoms with Crippen molar-refractivity contribution >= 4 is 45.0 Å². The van der Waals surface area contributed by atoms with E-state index in [9.17, 15) is 9.59 Å². The van der Waals surface area contributed by atoms with Gasteiger partial charge in [0, 0.05) is 4.47 Å². The van der Waals surface area contributed by atoms with Crippen molar-refractivity contribution in [2.45, 2.75) is 19.8 Å². The summed E-state index contributed by atoms with van der Waals surface area (Å²) in [7, 11) is 0. The number of hydrogen-bond donors (Lipinski definition) is 0. The van der Waals surface area contributed by atoms with E-state index in [2.05, 4.69) is 22.9 Å². The summed E-state index contributed by atoms with van der Waals surface area (Å²) in [4.78, 5) is 26.1. The molecule has 1 aliphatic heterocycles. The molecule has 5 heteroatoms. The van der Waals surface area contributed by atoms with Crippen molar-refractivity contribution in [3.8, 4) is 0 Å². The van der Waals surface area contributed by atoms with Crippen molar-refractivity contribution in [3.63, 3.8) is 0 Å². The summed E-state index contributed by atoms with van der Waals surface area (Å²) in [6.07, 6.45) is 1.61. The molecule has 0 spiro atoms. The van der Waals surface area contributed by atoms with Gasteiger partial charge in [-0.2, -0.15) is 0 Å². The van der Waals surface area contributed by atoms with Gasteiger partial charge in [0.05, 0.1) is 22.5 Å². The summed E-state index contributed by atoms with van der Waals surface area (Å²) in [5.74, 6) is -0.0585. The van der Waals surface area contributed by atoms with Crippen LogP contribution in [0.5, 0.6) is 0 Å². The first kappa shape index (κ1) is 13.1. The van der Waals surface area contributed by atoms with Crippen molar-refractivity contribution < 1.29 is 9.59 Å². The molecule has 1 saturated heterocycles. The van der Waals surface area contributed by atoms with Crippen LogP contribution in [-0.2, 0) is 9.59 Å². The fourth-order valence-corrected chi connectivity index (χ4v) is 3.72. The van der Waals surface area contributed by atoms with Crippen molar-refractivity contribution in [3.05, 3.63) is 27.7 Å². The zero-order valence-electron chi connectivity index (χ0n) is 10.4. The van der Waals surface area contributed by atoms with Crippen molar-refractivity contribution in [1.82, 2.24) is 0 Å². The largest absolute Gasteiger partial charge is 0.274 e. The lowest BCUT2D eigenvalue weighted by Crippen LogP contribution is -2.32. The molecule has 0 N–H and O–H groups in total. The summed E-state index contributed by atoms with van der Waals surface area (Å²) in [6.45, 7) is 2.09. The molecule has 100 valence electrons. The van der Waals surface area contributed by atoms with E-state index in [0.29, 0.717) is 16.6 Å². The van der Waals surface area contributed by atoms with Crippen LogP contribution in [0.1, 0.15) is 19.8 Å². The van der Waals surface area contributed by atoms with Crippen LogP contribution < -0.4 is 4.90 Å². The molecule has 2 atom stereocenters. The van der Waals surface area contributed by atoms with E-state index in [0.717, 1.165) is 17.3 Å². The van der Waals surface area contributed by atoms with Crippen LogP contribution >= 0.6 is 27.5 Å². The Balaban J connectivity index is 2.01. The summed E-state index contributed by atoms with van der Waals surface area (Å²) < 4.78 is 0.804. The fourth-order valence-electron chi connectivity index (χ4n) is 3.17. The molecule has 0 radical (unpaired) electrons. The van der Waals surface area contributed by atoms with E-state index in [1.54, 1.807) is 18.2 Å². The molecule has 3 rings (SSSR count). The summed E-state index contributed by atoms with van der Waals surface area (Å²) in [6, 6.07) is 5.21. The molecule has 2 unspecified atom stereocenters. The predicted molar refractivity (Wildman–Crippen MR) is 77.0 cm³/mol. The maximum Gasteiger partial charge on any atom is 0.237 e. The molecule has 2 amide bonds. The minimum absolute atomic E-state index is 0.0978. The third-order valence-electron chi connectivity index (χ3n) is 4.02. The Morgan fingerprint density at radius 1 is 1.21 bits per heavy atom. The molecule has 1 aliphatic carbocycles. The first-order valence-corrected chi connectivity index (χ1v) is 7.49. The number of anilines is 1. The lowest BCUT2D eigenvalue weighted by atomic mass is 10.00. The van der Waals surface area contributed by atoms with E-state index in [4.69, 9.17) is 11.6 Å². The van der Waals surface area contributed by atoms with Crippen LogP contribution in [0.4, 0.5) is 5.69 Å². The molecule has 1 saturated carbocycles. The highest BCUT2D eigenvalue weighted by molar-refractivity contribution is 9.10. The Bertz CT molecular complexity index is 551. The molecular formula is C14H13BrClNO2. The number of carbonyl (C=O) groups excluding carboxylic acids is 2. The topological polar surface area (TPSA) is 37.4 Å². The lowest BCUT2D eigenvalue weighted by Gasteiger charge is -2.18. The number of amides is 2. The predicted octanol–water partition coefficient (Wildman–Crippen LogP) is 3.64. The van der Waals surface area contributed by atoms with E-state index < -0.39 is 0 Å². The van der Waals surface area contributed by atoms with Crippen molar-refractivity contribution in [2.24, 2.45) is 17.8 Å². The number of halogens is 2. The summed E-state index contributed by atoms with van der Waals surface area (Å²) >= 11 is 9.47. The normalized spacial score (nSPS) is 30.1. The van der Waals surface area contributed by atoms with Gasteiger partial charge in [0.2, 0.25) is 11.8 Å². The van der Waals surface area contributed by atoms with E-state index >= 15 is 0 Å². The number of carbonyl (C=O) groups is 2. The second-order valence-electron chi connectivity index (χ2n) is 5.40. The van der Waals surface area contributed by atoms with Gasteiger partial charge in [-0.3, -0.25) is 9.59 Å². The smallest absolute Gasteiger partial charge is 0.237 e. The number of nitrogens with zero attached hydrogens (tertiary/aromatic N) is 1. The van der Waals surface area contributed by atoms with Gasteiger partial charge < -0.3 is 0 Å². The highest BCUT2D eigenvalue weighted by Gasteiger charge is 2.52. The lowest BCUT2D eigenvalue weighted by molar-refractivity contribution is -0.123. The number of rotatable bonds is 1. The minimum atomic E-state index is -0.155. The van der Waals surface area contributed by atoms with Gasteiger partial charge in [-0.25, -0.2) is 4.90 Å². The average Bonchev–Trinajstić information content (AvgIpc) is 2.84. The Labute approximate surface area is 125 Å². The van der Waals surface area contributed by atoms with Crippen LogP contribution in [0.3, 0.4) is 0 Å². The zero-order valence-corrected chi connectivity index (χ0v) is 12.7. The first-order chi connectivity index (χ1) is 8.99. The van der Waals surface area contributed by atoms with E-state index in [1.807, 2.05) is 0 Å². The fraction of sp³-hybridized carbons (Fsp3) is 0.429. The van der Waals surface area contributed by atoms with Gasteiger partial charge in [-0.05, 0) is 37.0 Å². The van der Waals surface area contributed by atoms with Gasteiger partial charge in [-0.1, -0.05) is 34.5 Å². The first-order valence-electron chi connectivity index (χ1n) is 6.32. The highest BCUT2D eigenvalue weighted by Crippen LogP contribution is 2.45. The quantitative estimate of drug-likeness (QED) is 0.731. The van der Waals surface area contributed by atoms with Crippen molar-refractivity contribution in [1.29, 1.82) is 0 Å². The van der Waals surface area contributed by atoms with Crippen LogP contribution in [0, 0.1) is 17.8 Å². The van der Waals surface area contributed by atoms with Gasteiger partial charge in [0.1, 0.15) is 0 Å². The zero-order chi connectivity index (χ0) is 13.7. The van der Waals surface area contributed by atoms with E-state index in [-0.39, 0.29) is 23.7 Å². The SMILES string of the molecule is CC1CC2C(=O)N(c3cc(Br)ccc3Cl)C(=O)C2C1. The average molecular weight is 343 g/mol. The molecule has 1 aromatic carbocycles. The molecule has 1 heterocycles. The molecule has 2 fully saturated rings. The Kier molecular flexibility index (Phi) is 3.18. The third-order valence-corrected chi connectivity index (χ3v) is 4.84. The van der Waals surface area contributed by atoms with Crippen molar-refractivity contribution in [2.75, 3.05) is 4.90 Å². The van der Waals surface area contributed by atoms with Gasteiger partial charge in [-0.15, -0.1) is 0 Å². The molecule has 19 heavy (non-hydrogen) atoms. The molecule has 0 aromatic heterocycles. The second kappa shape index (κ2) is 4.60. The maximum atomic E-state index is 12.4. The van der Waals surface area contributed by atoms with Crippen LogP contribution in [0.15, 0.2) is 22.7 Å². The molecule has 3 nitrogen and oxygen atoms in total. The van der Waals surface area contributed by atoms with Gasteiger partial charge >= 0.3 is 0 Å². The maximum absolute atomic E-state index is 12.4. The summed E-state index contributed by atoms with van der Waals surface area (Å²) in [5, 5.41) is 0.429. The van der Waals surface area contributed by atoms with E-state index in [1.165, 1.54) is 4.90 Å². The number of hydrogen-bond acceptors (Lipinski definition) is 2. The Morgan fingerprint density at radius 3 is 2.37 bits per heavy atom. The van der Waals surface area contributed by atoms with Crippen LogP contribution in [0.2, 0.25) is 5.02 Å². The van der Waals surface area contributed by atoms with Crippen LogP contribution in [-0.4, -0.2) is 11.8 Å². The minimum Gasteiger partial charge on any atom is -0.274 e. The van der Waals surface area contributed by atoms with Gasteiger partial charge in [0.15, 0.2) is 0 Å². The number of fused-ring (bicyclic) bond motifs is 1. The molecular weight excluding hydrogens is 330 g/mol. The second-order valence-corrected chi connectivity index (χ2v) is 6.72. The molecule has 0 bridgehead atoms. The molecule has 1 aromatic rings. The highest BCUT2D eigenvalue weighted by atomic mass is 79.9. The number of imide groups is 1. The Morgan fingerprint density at radius 2 is 1.79 bits per heavy atom. The van der Waals surface area contributed by atoms with Gasteiger partial charge in [0.25, 0.3) is 0 Å². The number of benzene rings is 1. The summed E-state index contributed by atoms with van der Waals surface area (Å²) in [5.41, 5.74) is 0.494.